The van der Waals surface area contributed by atoms with Gasteiger partial charge in [0.1, 0.15) is 11.9 Å². The topological polar surface area (TPSA) is 77.5 Å². The predicted molar refractivity (Wildman–Crippen MR) is 103 cm³/mol. The lowest BCUT2D eigenvalue weighted by Crippen LogP contribution is -2.15. The SMILES string of the molecule is Cc1ccc(Oc2ccc(NC(=O)CC3OC(=O)c4ccccc43)cn2)cc1. The molecule has 1 aliphatic heterocycles. The third-order valence-electron chi connectivity index (χ3n) is 4.41. The van der Waals surface area contributed by atoms with Gasteiger partial charge in [0.25, 0.3) is 0 Å². The number of aromatic nitrogens is 1. The van der Waals surface area contributed by atoms with Crippen molar-refractivity contribution < 1.29 is 19.1 Å². The summed E-state index contributed by atoms with van der Waals surface area (Å²) in [7, 11) is 0. The molecule has 140 valence electrons. The van der Waals surface area contributed by atoms with Crippen LogP contribution in [-0.4, -0.2) is 16.9 Å². The first-order valence-corrected chi connectivity index (χ1v) is 8.89. The Kier molecular flexibility index (Phi) is 4.76. The van der Waals surface area contributed by atoms with Crippen molar-refractivity contribution in [2.45, 2.75) is 19.4 Å². The van der Waals surface area contributed by atoms with Gasteiger partial charge in [0.15, 0.2) is 0 Å². The van der Waals surface area contributed by atoms with Gasteiger partial charge in [-0.3, -0.25) is 4.79 Å². The van der Waals surface area contributed by atoms with Gasteiger partial charge in [0.2, 0.25) is 11.8 Å². The number of fused-ring (bicyclic) bond motifs is 1. The minimum absolute atomic E-state index is 0.0460. The molecular formula is C22H18N2O4. The van der Waals surface area contributed by atoms with Gasteiger partial charge in [-0.2, -0.15) is 0 Å². The molecule has 1 N–H and O–H groups in total. The van der Waals surface area contributed by atoms with E-state index in [-0.39, 0.29) is 12.3 Å². The quantitative estimate of drug-likeness (QED) is 0.669. The van der Waals surface area contributed by atoms with Gasteiger partial charge >= 0.3 is 5.97 Å². The van der Waals surface area contributed by atoms with E-state index in [1.54, 1.807) is 30.3 Å². The van der Waals surface area contributed by atoms with Crippen LogP contribution < -0.4 is 10.1 Å². The van der Waals surface area contributed by atoms with Crippen LogP contribution in [0.2, 0.25) is 0 Å². The van der Waals surface area contributed by atoms with E-state index in [0.717, 1.165) is 11.1 Å². The van der Waals surface area contributed by atoms with E-state index in [9.17, 15) is 9.59 Å². The number of anilines is 1. The Bertz CT molecular complexity index is 1010. The van der Waals surface area contributed by atoms with Crippen molar-refractivity contribution in [3.05, 3.63) is 83.6 Å². The number of nitrogens with zero attached hydrogens (tertiary/aromatic N) is 1. The summed E-state index contributed by atoms with van der Waals surface area (Å²) in [6.45, 7) is 2.00. The first-order valence-electron chi connectivity index (χ1n) is 8.89. The Balaban J connectivity index is 1.36. The van der Waals surface area contributed by atoms with E-state index in [2.05, 4.69) is 10.3 Å². The van der Waals surface area contributed by atoms with Crippen molar-refractivity contribution in [2.24, 2.45) is 0 Å². The molecule has 6 nitrogen and oxygen atoms in total. The van der Waals surface area contributed by atoms with E-state index in [4.69, 9.17) is 9.47 Å². The molecule has 0 saturated heterocycles. The fraction of sp³-hybridized carbons (Fsp3) is 0.136. The Morgan fingerprint density at radius 2 is 1.89 bits per heavy atom. The number of carbonyl (C=O) groups excluding carboxylic acids is 2. The summed E-state index contributed by atoms with van der Waals surface area (Å²) >= 11 is 0. The third-order valence-corrected chi connectivity index (χ3v) is 4.41. The largest absolute Gasteiger partial charge is 0.453 e. The fourth-order valence-corrected chi connectivity index (χ4v) is 2.99. The molecule has 1 atom stereocenters. The number of pyridine rings is 1. The highest BCUT2D eigenvalue weighted by molar-refractivity contribution is 5.96. The monoisotopic (exact) mass is 374 g/mol. The average molecular weight is 374 g/mol. The van der Waals surface area contributed by atoms with Gasteiger partial charge in [-0.05, 0) is 31.2 Å². The zero-order chi connectivity index (χ0) is 19.5. The number of esters is 1. The smallest absolute Gasteiger partial charge is 0.339 e. The van der Waals surface area contributed by atoms with Crippen LogP contribution in [0.1, 0.15) is 34.0 Å². The standard InChI is InChI=1S/C22H18N2O4/c1-14-6-9-16(10-7-14)27-21-11-8-15(13-23-21)24-20(25)12-19-17-4-2-3-5-18(17)22(26)28-19/h2-11,13,19H,12H2,1H3,(H,24,25). The number of rotatable bonds is 5. The number of aryl methyl sites for hydroxylation is 1. The van der Waals surface area contributed by atoms with Crippen LogP contribution >= 0.6 is 0 Å². The molecule has 0 radical (unpaired) electrons. The lowest BCUT2D eigenvalue weighted by molar-refractivity contribution is -0.118. The lowest BCUT2D eigenvalue weighted by atomic mass is 10.0. The molecule has 1 aromatic heterocycles. The van der Waals surface area contributed by atoms with E-state index < -0.39 is 12.1 Å². The number of hydrogen-bond donors (Lipinski definition) is 1. The van der Waals surface area contributed by atoms with Gasteiger partial charge in [-0.1, -0.05) is 35.9 Å². The zero-order valence-corrected chi connectivity index (χ0v) is 15.2. The summed E-state index contributed by atoms with van der Waals surface area (Å²) in [4.78, 5) is 28.4. The van der Waals surface area contributed by atoms with Gasteiger partial charge < -0.3 is 14.8 Å². The van der Waals surface area contributed by atoms with Gasteiger partial charge in [0.05, 0.1) is 23.9 Å². The second-order valence-electron chi connectivity index (χ2n) is 6.53. The van der Waals surface area contributed by atoms with Gasteiger partial charge in [-0.25, -0.2) is 9.78 Å². The predicted octanol–water partition coefficient (Wildman–Crippen LogP) is 4.42. The maximum atomic E-state index is 12.3. The van der Waals surface area contributed by atoms with Crippen molar-refractivity contribution in [1.82, 2.24) is 4.98 Å². The molecule has 0 aliphatic carbocycles. The average Bonchev–Trinajstić information content (AvgIpc) is 3.01. The molecule has 0 fully saturated rings. The third kappa shape index (κ3) is 3.86. The Labute approximate surface area is 162 Å². The van der Waals surface area contributed by atoms with Crippen LogP contribution in [0.15, 0.2) is 66.9 Å². The number of nitrogens with one attached hydrogen (secondary N) is 1. The minimum Gasteiger partial charge on any atom is -0.453 e. The van der Waals surface area contributed by atoms with Crippen LogP contribution in [0.3, 0.4) is 0 Å². The molecule has 28 heavy (non-hydrogen) atoms. The molecule has 0 saturated carbocycles. The molecular weight excluding hydrogens is 356 g/mol. The highest BCUT2D eigenvalue weighted by atomic mass is 16.5. The van der Waals surface area contributed by atoms with Crippen molar-refractivity contribution in [3.8, 4) is 11.6 Å². The van der Waals surface area contributed by atoms with Crippen LogP contribution in [-0.2, 0) is 9.53 Å². The Morgan fingerprint density at radius 3 is 2.64 bits per heavy atom. The zero-order valence-electron chi connectivity index (χ0n) is 15.2. The first-order chi connectivity index (χ1) is 13.6. The van der Waals surface area contributed by atoms with Gasteiger partial charge in [-0.15, -0.1) is 0 Å². The molecule has 2 heterocycles. The highest BCUT2D eigenvalue weighted by Gasteiger charge is 2.32. The summed E-state index contributed by atoms with van der Waals surface area (Å²) in [6.07, 6.45) is 1.00. The van der Waals surface area contributed by atoms with Crippen molar-refractivity contribution >= 4 is 17.6 Å². The number of hydrogen-bond acceptors (Lipinski definition) is 5. The molecule has 0 spiro atoms. The number of cyclic esters (lactones) is 1. The maximum Gasteiger partial charge on any atom is 0.339 e. The van der Waals surface area contributed by atoms with E-state index in [0.29, 0.717) is 22.9 Å². The first kappa shape index (κ1) is 17.7. The molecule has 1 aliphatic rings. The van der Waals surface area contributed by atoms with Crippen molar-refractivity contribution in [1.29, 1.82) is 0 Å². The minimum atomic E-state index is -0.569. The number of ether oxygens (including phenoxy) is 2. The number of amides is 1. The summed E-state index contributed by atoms with van der Waals surface area (Å²) in [5, 5.41) is 2.76. The maximum absolute atomic E-state index is 12.3. The molecule has 1 amide bonds. The summed E-state index contributed by atoms with van der Waals surface area (Å²) in [5.74, 6) is 0.466. The van der Waals surface area contributed by atoms with Crippen LogP contribution in [0.4, 0.5) is 5.69 Å². The Morgan fingerprint density at radius 1 is 1.11 bits per heavy atom. The molecule has 6 heteroatoms. The summed E-state index contributed by atoms with van der Waals surface area (Å²) in [5.41, 5.74) is 2.94. The second kappa shape index (κ2) is 7.52. The lowest BCUT2D eigenvalue weighted by Gasteiger charge is -2.11. The highest BCUT2D eigenvalue weighted by Crippen LogP contribution is 2.33. The fourth-order valence-electron chi connectivity index (χ4n) is 2.99. The molecule has 4 rings (SSSR count). The molecule has 0 bridgehead atoms. The normalized spacial score (nSPS) is 14.9. The van der Waals surface area contributed by atoms with Crippen LogP contribution in [0.5, 0.6) is 11.6 Å². The van der Waals surface area contributed by atoms with E-state index in [1.165, 1.54) is 6.20 Å². The second-order valence-corrected chi connectivity index (χ2v) is 6.53. The summed E-state index contributed by atoms with van der Waals surface area (Å²) < 4.78 is 11.0. The number of benzene rings is 2. The van der Waals surface area contributed by atoms with Crippen molar-refractivity contribution in [3.63, 3.8) is 0 Å². The van der Waals surface area contributed by atoms with Crippen molar-refractivity contribution in [2.75, 3.05) is 5.32 Å². The molecule has 3 aromatic rings. The van der Waals surface area contributed by atoms with Crippen LogP contribution in [0, 0.1) is 6.92 Å². The van der Waals surface area contributed by atoms with Gasteiger partial charge in [0, 0.05) is 11.6 Å². The van der Waals surface area contributed by atoms with Crippen LogP contribution in [0.25, 0.3) is 0 Å². The molecule has 1 unspecified atom stereocenters. The summed E-state index contributed by atoms with van der Waals surface area (Å²) in [6, 6.07) is 18.1. The molecule has 2 aromatic carbocycles. The number of carbonyl (C=O) groups is 2. The Hall–Kier alpha value is -3.67. The van der Waals surface area contributed by atoms with E-state index >= 15 is 0 Å². The van der Waals surface area contributed by atoms with E-state index in [1.807, 2.05) is 37.3 Å².